The normalized spacial score (nSPS) is 18.3. The van der Waals surface area contributed by atoms with Crippen LogP contribution in [0.4, 0.5) is 4.79 Å². The van der Waals surface area contributed by atoms with Gasteiger partial charge in [-0.25, -0.2) is 4.79 Å². The maximum atomic E-state index is 11.9. The van der Waals surface area contributed by atoms with E-state index in [0.717, 1.165) is 19.1 Å². The number of carbonyl (C=O) groups excluding carboxylic acids is 1. The Morgan fingerprint density at radius 3 is 2.45 bits per heavy atom. The second kappa shape index (κ2) is 6.83. The highest BCUT2D eigenvalue weighted by Gasteiger charge is 2.26. The smallest absolute Gasteiger partial charge is 0.410 e. The predicted octanol–water partition coefficient (Wildman–Crippen LogP) is 1.99. The molecule has 0 bridgehead atoms. The molecule has 0 aromatic heterocycles. The number of piperidine rings is 1. The number of likely N-dealkylation sites (tertiary alicyclic amines) is 1. The van der Waals surface area contributed by atoms with Crippen LogP contribution in [-0.4, -0.2) is 41.9 Å². The molecule has 1 aliphatic rings. The summed E-state index contributed by atoms with van der Waals surface area (Å²) in [7, 11) is 0. The summed E-state index contributed by atoms with van der Waals surface area (Å²) in [6, 6.07) is 0.152. The van der Waals surface area contributed by atoms with Gasteiger partial charge >= 0.3 is 6.09 Å². The van der Waals surface area contributed by atoms with Gasteiger partial charge in [0.2, 0.25) is 0 Å². The molecule has 7 heteroatoms. The molecule has 1 rings (SSSR count). The van der Waals surface area contributed by atoms with Crippen molar-refractivity contribution in [2.75, 3.05) is 13.1 Å². The van der Waals surface area contributed by atoms with E-state index in [4.69, 9.17) is 27.5 Å². The molecule has 0 spiro atoms. The number of hydrogen-bond acceptors (Lipinski definition) is 5. The zero-order valence-corrected chi connectivity index (χ0v) is 13.0. The van der Waals surface area contributed by atoms with Crippen molar-refractivity contribution in [1.82, 2.24) is 10.2 Å². The van der Waals surface area contributed by atoms with Crippen molar-refractivity contribution in [3.8, 4) is 0 Å². The third kappa shape index (κ3) is 5.28. The van der Waals surface area contributed by atoms with Crippen LogP contribution in [0.25, 0.3) is 0 Å². The topological polar surface area (TPSA) is 91.4 Å². The molecule has 1 saturated heterocycles. The first-order valence-corrected chi connectivity index (χ1v) is 7.01. The summed E-state index contributed by atoms with van der Waals surface area (Å²) in [6.07, 6.45) is 2.25. The lowest BCUT2D eigenvalue weighted by molar-refractivity contribution is 0.0201. The van der Waals surface area contributed by atoms with Gasteiger partial charge in [-0.3, -0.25) is 0 Å². The van der Waals surface area contributed by atoms with Crippen LogP contribution < -0.4 is 11.1 Å². The van der Waals surface area contributed by atoms with E-state index in [2.05, 4.69) is 5.32 Å². The van der Waals surface area contributed by atoms with Gasteiger partial charge in [-0.05, 0) is 33.6 Å². The third-order valence-electron chi connectivity index (χ3n) is 2.89. The number of nitrogens with two attached hydrogens (primary N) is 1. The monoisotopic (exact) mass is 302 g/mol. The minimum Gasteiger partial charge on any atom is -0.444 e. The lowest BCUT2D eigenvalue weighted by atomic mass is 10.1. The number of allylic oxidation sites excluding steroid dienone is 1. The number of hydrogen-bond donors (Lipinski definition) is 3. The number of nitrogens with one attached hydrogen (secondary N) is 2. The Morgan fingerprint density at radius 1 is 1.45 bits per heavy atom. The Bertz CT molecular complexity index is 396. The molecule has 0 aromatic carbocycles. The summed E-state index contributed by atoms with van der Waals surface area (Å²) in [5.74, 6) is 0. The highest BCUT2D eigenvalue weighted by molar-refractivity contribution is 6.30. The number of rotatable bonds is 3. The number of ether oxygens (including phenoxy) is 1. The van der Waals surface area contributed by atoms with Crippen LogP contribution in [0.3, 0.4) is 0 Å². The Morgan fingerprint density at radius 2 is 2.00 bits per heavy atom. The summed E-state index contributed by atoms with van der Waals surface area (Å²) < 4.78 is 5.33. The average Bonchev–Trinajstić information content (AvgIpc) is 2.36. The third-order valence-corrected chi connectivity index (χ3v) is 3.21. The molecular formula is C13H23ClN4O2. The SMILES string of the molecule is CC(C)(C)OC(=O)N1CCC(N/C(Cl)=C(/N)C=N)CC1. The van der Waals surface area contributed by atoms with Crippen molar-refractivity contribution in [1.29, 1.82) is 5.41 Å². The first-order valence-electron chi connectivity index (χ1n) is 6.63. The molecule has 0 aromatic rings. The van der Waals surface area contributed by atoms with Crippen LogP contribution in [0, 0.1) is 5.41 Å². The zero-order valence-electron chi connectivity index (χ0n) is 12.2. The van der Waals surface area contributed by atoms with E-state index in [1.54, 1.807) is 4.90 Å². The minimum atomic E-state index is -0.476. The van der Waals surface area contributed by atoms with Gasteiger partial charge in [0.05, 0.1) is 5.70 Å². The van der Waals surface area contributed by atoms with Crippen molar-refractivity contribution in [3.63, 3.8) is 0 Å². The van der Waals surface area contributed by atoms with Crippen LogP contribution >= 0.6 is 11.6 Å². The summed E-state index contributed by atoms with van der Waals surface area (Å²) >= 11 is 5.94. The van der Waals surface area contributed by atoms with Gasteiger partial charge in [-0.2, -0.15) is 0 Å². The Kier molecular flexibility index (Phi) is 5.68. The molecular weight excluding hydrogens is 280 g/mol. The first-order chi connectivity index (χ1) is 9.23. The predicted molar refractivity (Wildman–Crippen MR) is 79.8 cm³/mol. The first kappa shape index (κ1) is 16.6. The molecule has 1 heterocycles. The molecule has 0 aliphatic carbocycles. The highest BCUT2D eigenvalue weighted by Crippen LogP contribution is 2.16. The van der Waals surface area contributed by atoms with E-state index in [-0.39, 0.29) is 23.0 Å². The van der Waals surface area contributed by atoms with E-state index < -0.39 is 5.60 Å². The van der Waals surface area contributed by atoms with E-state index in [1.165, 1.54) is 0 Å². The van der Waals surface area contributed by atoms with Crippen LogP contribution in [0.1, 0.15) is 33.6 Å². The lowest BCUT2D eigenvalue weighted by Crippen LogP contribution is -2.46. The largest absolute Gasteiger partial charge is 0.444 e. The summed E-state index contributed by atoms with van der Waals surface area (Å²) in [4.78, 5) is 13.6. The Hall–Kier alpha value is -1.43. The Labute approximate surface area is 124 Å². The van der Waals surface area contributed by atoms with Crippen LogP contribution in [-0.2, 0) is 4.74 Å². The van der Waals surface area contributed by atoms with Crippen LogP contribution in [0.5, 0.6) is 0 Å². The molecule has 0 radical (unpaired) electrons. The van der Waals surface area contributed by atoms with Gasteiger partial charge < -0.3 is 26.1 Å². The number of amides is 1. The quantitative estimate of drug-likeness (QED) is 0.549. The molecule has 1 aliphatic heterocycles. The summed E-state index contributed by atoms with van der Waals surface area (Å²) in [6.45, 7) is 6.78. The zero-order chi connectivity index (χ0) is 15.3. The second-order valence-electron chi connectivity index (χ2n) is 5.80. The van der Waals surface area contributed by atoms with Gasteiger partial charge in [0.25, 0.3) is 0 Å². The maximum absolute atomic E-state index is 11.9. The van der Waals surface area contributed by atoms with E-state index in [9.17, 15) is 4.79 Å². The molecule has 4 N–H and O–H groups in total. The molecule has 0 atom stereocenters. The lowest BCUT2D eigenvalue weighted by Gasteiger charge is -2.34. The fraction of sp³-hybridized carbons (Fsp3) is 0.692. The Balaban J connectivity index is 2.44. The van der Waals surface area contributed by atoms with Gasteiger partial charge in [0.1, 0.15) is 10.8 Å². The fourth-order valence-electron chi connectivity index (χ4n) is 1.86. The van der Waals surface area contributed by atoms with E-state index >= 15 is 0 Å². The van der Waals surface area contributed by atoms with Crippen molar-refractivity contribution in [3.05, 3.63) is 10.9 Å². The van der Waals surface area contributed by atoms with Crippen molar-refractivity contribution >= 4 is 23.9 Å². The van der Waals surface area contributed by atoms with Crippen molar-refractivity contribution < 1.29 is 9.53 Å². The van der Waals surface area contributed by atoms with E-state index in [1.807, 2.05) is 20.8 Å². The highest BCUT2D eigenvalue weighted by atomic mass is 35.5. The van der Waals surface area contributed by atoms with Gasteiger partial charge in [-0.15, -0.1) is 0 Å². The molecule has 20 heavy (non-hydrogen) atoms. The summed E-state index contributed by atoms with van der Waals surface area (Å²) in [5.41, 5.74) is 5.27. The summed E-state index contributed by atoms with van der Waals surface area (Å²) in [5, 5.41) is 10.4. The fourth-order valence-corrected chi connectivity index (χ4v) is 2.07. The second-order valence-corrected chi connectivity index (χ2v) is 6.18. The number of halogens is 1. The van der Waals surface area contributed by atoms with Crippen molar-refractivity contribution in [2.24, 2.45) is 5.73 Å². The molecule has 0 saturated carbocycles. The molecule has 1 amide bonds. The average molecular weight is 303 g/mol. The van der Waals surface area contributed by atoms with Crippen molar-refractivity contribution in [2.45, 2.75) is 45.3 Å². The standard InChI is InChI=1S/C13H23ClN4O2/c1-13(2,3)20-12(19)18-6-4-9(5-7-18)17-11(14)10(16)8-15/h8-9,15,17H,4-7,16H2,1-3H3/b11-10+,15-8?. The van der Waals surface area contributed by atoms with Gasteiger partial charge in [-0.1, -0.05) is 11.6 Å². The number of nitrogens with zero attached hydrogens (tertiary/aromatic N) is 1. The van der Waals surface area contributed by atoms with Crippen LogP contribution in [0.15, 0.2) is 10.9 Å². The molecule has 114 valence electrons. The molecule has 1 fully saturated rings. The van der Waals surface area contributed by atoms with Crippen LogP contribution in [0.2, 0.25) is 0 Å². The number of carbonyl (C=O) groups is 1. The van der Waals surface area contributed by atoms with Gasteiger partial charge in [0.15, 0.2) is 0 Å². The minimum absolute atomic E-state index is 0.152. The molecule has 0 unspecified atom stereocenters. The maximum Gasteiger partial charge on any atom is 0.410 e. The van der Waals surface area contributed by atoms with E-state index in [0.29, 0.717) is 13.1 Å². The van der Waals surface area contributed by atoms with Gasteiger partial charge in [0, 0.05) is 25.3 Å². The molecule has 6 nitrogen and oxygen atoms in total.